The Balaban J connectivity index is 2.97. The second kappa shape index (κ2) is 9.94. The van der Waals surface area contributed by atoms with E-state index in [1.165, 1.54) is 0 Å². The standard InChI is InChI=1S/C18H24F3N3O3/c1-11(2)10-22-16(26)14(9-13-7-5-4-6-8-13)24-17(27)15(18(19,20)21)23-12(3)25/h4-8,11,14-15H,9-10H2,1-3H3,(H,22,26)(H,23,25)(H,24,27). The maximum absolute atomic E-state index is 13.1. The summed E-state index contributed by atoms with van der Waals surface area (Å²) in [6, 6.07) is 4.65. The average molecular weight is 387 g/mol. The van der Waals surface area contributed by atoms with Crippen LogP contribution in [0.4, 0.5) is 13.2 Å². The molecule has 6 nitrogen and oxygen atoms in total. The summed E-state index contributed by atoms with van der Waals surface area (Å²) in [6.07, 6.45) is -4.97. The van der Waals surface area contributed by atoms with Crippen LogP contribution in [0, 0.1) is 5.92 Å². The van der Waals surface area contributed by atoms with E-state index in [-0.39, 0.29) is 12.3 Å². The monoisotopic (exact) mass is 387 g/mol. The number of hydrogen-bond donors (Lipinski definition) is 3. The van der Waals surface area contributed by atoms with Gasteiger partial charge in [0, 0.05) is 19.9 Å². The quantitative estimate of drug-likeness (QED) is 0.633. The van der Waals surface area contributed by atoms with Gasteiger partial charge in [0.15, 0.2) is 0 Å². The third kappa shape index (κ3) is 8.10. The second-order valence-corrected chi connectivity index (χ2v) is 6.57. The lowest BCUT2D eigenvalue weighted by Gasteiger charge is -2.24. The number of carbonyl (C=O) groups is 3. The molecule has 150 valence electrons. The minimum absolute atomic E-state index is 0.0150. The molecule has 2 atom stereocenters. The molecular formula is C18H24F3N3O3. The summed E-state index contributed by atoms with van der Waals surface area (Å²) in [6.45, 7) is 4.92. The minimum Gasteiger partial charge on any atom is -0.354 e. The molecule has 9 heteroatoms. The summed E-state index contributed by atoms with van der Waals surface area (Å²) in [5.74, 6) is -2.95. The number of benzene rings is 1. The van der Waals surface area contributed by atoms with Crippen molar-refractivity contribution in [3.63, 3.8) is 0 Å². The molecule has 0 spiro atoms. The molecule has 27 heavy (non-hydrogen) atoms. The van der Waals surface area contributed by atoms with Crippen LogP contribution in [-0.4, -0.2) is 42.5 Å². The van der Waals surface area contributed by atoms with E-state index in [9.17, 15) is 27.6 Å². The zero-order valence-corrected chi connectivity index (χ0v) is 15.4. The van der Waals surface area contributed by atoms with Gasteiger partial charge in [0.25, 0.3) is 5.91 Å². The normalized spacial score (nSPS) is 13.6. The fourth-order valence-corrected chi connectivity index (χ4v) is 2.24. The Morgan fingerprint density at radius 3 is 2.07 bits per heavy atom. The van der Waals surface area contributed by atoms with Crippen LogP contribution >= 0.6 is 0 Å². The average Bonchev–Trinajstić information content (AvgIpc) is 2.56. The molecule has 0 saturated carbocycles. The van der Waals surface area contributed by atoms with E-state index < -0.39 is 36.0 Å². The number of alkyl halides is 3. The van der Waals surface area contributed by atoms with Crippen LogP contribution in [0.25, 0.3) is 0 Å². The Morgan fingerprint density at radius 2 is 1.59 bits per heavy atom. The highest BCUT2D eigenvalue weighted by molar-refractivity contribution is 5.92. The second-order valence-electron chi connectivity index (χ2n) is 6.57. The number of halogens is 3. The SMILES string of the molecule is CC(=O)NC(C(=O)NC(Cc1ccccc1)C(=O)NCC(C)C)C(F)(F)F. The summed E-state index contributed by atoms with van der Waals surface area (Å²) in [5.41, 5.74) is 0.672. The molecule has 0 aliphatic carbocycles. The first-order valence-electron chi connectivity index (χ1n) is 8.46. The van der Waals surface area contributed by atoms with Gasteiger partial charge in [0.2, 0.25) is 17.9 Å². The Morgan fingerprint density at radius 1 is 1.00 bits per heavy atom. The van der Waals surface area contributed by atoms with Crippen molar-refractivity contribution >= 4 is 17.7 Å². The van der Waals surface area contributed by atoms with Crippen molar-refractivity contribution in [2.45, 2.75) is 45.5 Å². The van der Waals surface area contributed by atoms with Gasteiger partial charge in [-0.25, -0.2) is 0 Å². The molecule has 0 aromatic heterocycles. The van der Waals surface area contributed by atoms with Crippen LogP contribution < -0.4 is 16.0 Å². The van der Waals surface area contributed by atoms with Gasteiger partial charge in [-0.1, -0.05) is 44.2 Å². The molecule has 0 aliphatic heterocycles. The maximum atomic E-state index is 13.1. The third-order valence-electron chi connectivity index (χ3n) is 3.54. The summed E-state index contributed by atoms with van der Waals surface area (Å²) in [4.78, 5) is 35.6. The van der Waals surface area contributed by atoms with Gasteiger partial charge in [0.1, 0.15) is 6.04 Å². The predicted octanol–water partition coefficient (Wildman–Crippen LogP) is 1.55. The van der Waals surface area contributed by atoms with Gasteiger partial charge in [-0.2, -0.15) is 13.2 Å². The van der Waals surface area contributed by atoms with E-state index in [0.717, 1.165) is 6.92 Å². The van der Waals surface area contributed by atoms with Gasteiger partial charge in [-0.3, -0.25) is 14.4 Å². The van der Waals surface area contributed by atoms with E-state index in [4.69, 9.17) is 0 Å². The van der Waals surface area contributed by atoms with E-state index in [1.54, 1.807) is 35.6 Å². The molecule has 3 N–H and O–H groups in total. The summed E-state index contributed by atoms with van der Waals surface area (Å²) < 4.78 is 39.3. The maximum Gasteiger partial charge on any atom is 0.417 e. The Labute approximate surface area is 155 Å². The number of amides is 3. The lowest BCUT2D eigenvalue weighted by Crippen LogP contribution is -2.59. The molecule has 0 aliphatic rings. The van der Waals surface area contributed by atoms with Crippen LogP contribution in [0.1, 0.15) is 26.3 Å². The van der Waals surface area contributed by atoms with Crippen molar-refractivity contribution in [1.82, 2.24) is 16.0 Å². The minimum atomic E-state index is -4.98. The molecule has 1 aromatic rings. The smallest absolute Gasteiger partial charge is 0.354 e. The van der Waals surface area contributed by atoms with Crippen molar-refractivity contribution < 1.29 is 27.6 Å². The molecule has 1 aromatic carbocycles. The van der Waals surface area contributed by atoms with Gasteiger partial charge in [0.05, 0.1) is 0 Å². The van der Waals surface area contributed by atoms with Crippen molar-refractivity contribution in [1.29, 1.82) is 0 Å². The van der Waals surface area contributed by atoms with Crippen molar-refractivity contribution in [3.8, 4) is 0 Å². The largest absolute Gasteiger partial charge is 0.417 e. The molecule has 0 heterocycles. The highest BCUT2D eigenvalue weighted by atomic mass is 19.4. The summed E-state index contributed by atoms with van der Waals surface area (Å²) in [5, 5.41) is 6.29. The van der Waals surface area contributed by atoms with E-state index >= 15 is 0 Å². The Kier molecular flexibility index (Phi) is 8.27. The summed E-state index contributed by atoms with van der Waals surface area (Å²) in [7, 11) is 0. The number of rotatable bonds is 8. The Bertz CT molecular complexity index is 648. The first-order chi connectivity index (χ1) is 12.5. The molecule has 0 saturated heterocycles. The fraction of sp³-hybridized carbons (Fsp3) is 0.500. The summed E-state index contributed by atoms with van der Waals surface area (Å²) >= 11 is 0. The van der Waals surface area contributed by atoms with Gasteiger partial charge in [-0.05, 0) is 11.5 Å². The predicted molar refractivity (Wildman–Crippen MR) is 93.6 cm³/mol. The van der Waals surface area contributed by atoms with Crippen molar-refractivity contribution in [2.75, 3.05) is 6.54 Å². The van der Waals surface area contributed by atoms with E-state index in [2.05, 4.69) is 10.6 Å². The highest BCUT2D eigenvalue weighted by Crippen LogP contribution is 2.20. The van der Waals surface area contributed by atoms with Crippen LogP contribution in [0.15, 0.2) is 30.3 Å². The zero-order valence-electron chi connectivity index (χ0n) is 15.4. The first kappa shape index (κ1) is 22.5. The van der Waals surface area contributed by atoms with Crippen LogP contribution in [-0.2, 0) is 20.8 Å². The zero-order chi connectivity index (χ0) is 20.6. The van der Waals surface area contributed by atoms with Crippen molar-refractivity contribution in [2.24, 2.45) is 5.92 Å². The first-order valence-corrected chi connectivity index (χ1v) is 8.46. The van der Waals surface area contributed by atoms with E-state index in [0.29, 0.717) is 12.1 Å². The lowest BCUT2D eigenvalue weighted by molar-refractivity contribution is -0.172. The van der Waals surface area contributed by atoms with Gasteiger partial charge < -0.3 is 16.0 Å². The topological polar surface area (TPSA) is 87.3 Å². The molecule has 3 amide bonds. The third-order valence-corrected chi connectivity index (χ3v) is 3.54. The van der Waals surface area contributed by atoms with Crippen LogP contribution in [0.2, 0.25) is 0 Å². The molecule has 1 rings (SSSR count). The highest BCUT2D eigenvalue weighted by Gasteiger charge is 2.46. The van der Waals surface area contributed by atoms with Gasteiger partial charge >= 0.3 is 6.18 Å². The molecule has 0 bridgehead atoms. The number of carbonyl (C=O) groups excluding carboxylic acids is 3. The van der Waals surface area contributed by atoms with Crippen LogP contribution in [0.3, 0.4) is 0 Å². The molecule has 0 fully saturated rings. The molecule has 0 radical (unpaired) electrons. The molecular weight excluding hydrogens is 363 g/mol. The Hall–Kier alpha value is -2.58. The van der Waals surface area contributed by atoms with Crippen molar-refractivity contribution in [3.05, 3.63) is 35.9 Å². The molecule has 2 unspecified atom stereocenters. The van der Waals surface area contributed by atoms with Gasteiger partial charge in [-0.15, -0.1) is 0 Å². The fourth-order valence-electron chi connectivity index (χ4n) is 2.24. The number of hydrogen-bond acceptors (Lipinski definition) is 3. The van der Waals surface area contributed by atoms with E-state index in [1.807, 2.05) is 13.8 Å². The number of nitrogens with one attached hydrogen (secondary N) is 3. The van der Waals surface area contributed by atoms with Crippen LogP contribution in [0.5, 0.6) is 0 Å². The lowest BCUT2D eigenvalue weighted by atomic mass is 10.0.